The SMILES string of the molecule is COc1cccc(C(NN)c2ccc(SC)cc2)c1. The average molecular weight is 274 g/mol. The number of hydrogen-bond donors (Lipinski definition) is 2. The molecule has 0 aliphatic heterocycles. The van der Waals surface area contributed by atoms with Crippen LogP contribution in [0.3, 0.4) is 0 Å². The van der Waals surface area contributed by atoms with Gasteiger partial charge in [0.1, 0.15) is 5.75 Å². The second kappa shape index (κ2) is 6.61. The highest BCUT2D eigenvalue weighted by molar-refractivity contribution is 7.98. The number of benzene rings is 2. The molecule has 100 valence electrons. The lowest BCUT2D eigenvalue weighted by Crippen LogP contribution is -2.28. The van der Waals surface area contributed by atoms with Gasteiger partial charge in [0.05, 0.1) is 13.2 Å². The molecule has 1 atom stereocenters. The van der Waals surface area contributed by atoms with E-state index in [1.54, 1.807) is 18.9 Å². The van der Waals surface area contributed by atoms with Crippen molar-refractivity contribution >= 4 is 11.8 Å². The van der Waals surface area contributed by atoms with Gasteiger partial charge in [-0.3, -0.25) is 5.84 Å². The molecule has 0 aliphatic carbocycles. The Morgan fingerprint density at radius 2 is 1.84 bits per heavy atom. The average Bonchev–Trinajstić information content (AvgIpc) is 2.49. The summed E-state index contributed by atoms with van der Waals surface area (Å²) in [6.45, 7) is 0. The van der Waals surface area contributed by atoms with Crippen LogP contribution >= 0.6 is 11.8 Å². The first-order chi connectivity index (χ1) is 9.28. The maximum Gasteiger partial charge on any atom is 0.119 e. The largest absolute Gasteiger partial charge is 0.497 e. The van der Waals surface area contributed by atoms with Crippen LogP contribution in [0.2, 0.25) is 0 Å². The Morgan fingerprint density at radius 3 is 2.42 bits per heavy atom. The summed E-state index contributed by atoms with van der Waals surface area (Å²) in [6.07, 6.45) is 2.07. The number of methoxy groups -OCH3 is 1. The first-order valence-corrected chi connectivity index (χ1v) is 7.25. The third-order valence-corrected chi connectivity index (χ3v) is 3.79. The Kier molecular flexibility index (Phi) is 4.85. The summed E-state index contributed by atoms with van der Waals surface area (Å²) in [5.41, 5.74) is 5.08. The normalized spacial score (nSPS) is 12.2. The fraction of sp³-hybridized carbons (Fsp3) is 0.200. The minimum atomic E-state index is -0.0361. The van der Waals surface area contributed by atoms with Gasteiger partial charge in [-0.25, -0.2) is 5.43 Å². The van der Waals surface area contributed by atoms with Crippen molar-refractivity contribution in [3.05, 3.63) is 59.7 Å². The molecule has 0 radical (unpaired) electrons. The molecule has 4 heteroatoms. The van der Waals surface area contributed by atoms with Crippen molar-refractivity contribution in [1.82, 2.24) is 5.43 Å². The quantitative estimate of drug-likeness (QED) is 0.500. The zero-order valence-electron chi connectivity index (χ0n) is 11.1. The molecule has 0 saturated carbocycles. The summed E-state index contributed by atoms with van der Waals surface area (Å²) in [5.74, 6) is 6.53. The molecule has 19 heavy (non-hydrogen) atoms. The van der Waals surface area contributed by atoms with Crippen LogP contribution in [-0.2, 0) is 0 Å². The van der Waals surface area contributed by atoms with Crippen LogP contribution in [0.1, 0.15) is 17.2 Å². The van der Waals surface area contributed by atoms with Crippen molar-refractivity contribution in [3.8, 4) is 5.75 Å². The zero-order valence-corrected chi connectivity index (χ0v) is 11.9. The van der Waals surface area contributed by atoms with Gasteiger partial charge in [-0.05, 0) is 41.6 Å². The smallest absolute Gasteiger partial charge is 0.119 e. The predicted molar refractivity (Wildman–Crippen MR) is 80.4 cm³/mol. The standard InChI is InChI=1S/C15H18N2OS/c1-18-13-5-3-4-12(10-13)15(17-16)11-6-8-14(19-2)9-7-11/h3-10,15,17H,16H2,1-2H3. The fourth-order valence-corrected chi connectivity index (χ4v) is 2.41. The van der Waals surface area contributed by atoms with Crippen LogP contribution in [0, 0.1) is 0 Å². The van der Waals surface area contributed by atoms with Gasteiger partial charge in [-0.15, -0.1) is 11.8 Å². The molecule has 0 bridgehead atoms. The van der Waals surface area contributed by atoms with E-state index in [-0.39, 0.29) is 6.04 Å². The third kappa shape index (κ3) is 3.29. The highest BCUT2D eigenvalue weighted by Gasteiger charge is 2.12. The van der Waals surface area contributed by atoms with Crippen LogP contribution in [0.25, 0.3) is 0 Å². The summed E-state index contributed by atoms with van der Waals surface area (Å²) in [7, 11) is 1.66. The molecule has 1 unspecified atom stereocenters. The molecule has 0 fully saturated rings. The molecule has 0 aromatic heterocycles. The Hall–Kier alpha value is -1.49. The van der Waals surface area contributed by atoms with Crippen molar-refractivity contribution in [1.29, 1.82) is 0 Å². The van der Waals surface area contributed by atoms with Crippen LogP contribution in [0.4, 0.5) is 0 Å². The molecule has 0 aliphatic rings. The summed E-state index contributed by atoms with van der Waals surface area (Å²) >= 11 is 1.73. The molecule has 0 amide bonds. The Balaban J connectivity index is 2.31. The summed E-state index contributed by atoms with van der Waals surface area (Å²) in [4.78, 5) is 1.24. The maximum atomic E-state index is 5.70. The van der Waals surface area contributed by atoms with E-state index in [1.165, 1.54) is 4.90 Å². The first-order valence-electron chi connectivity index (χ1n) is 6.02. The van der Waals surface area contributed by atoms with Crippen LogP contribution < -0.4 is 16.0 Å². The maximum absolute atomic E-state index is 5.70. The molecule has 3 N–H and O–H groups in total. The molecule has 3 nitrogen and oxygen atoms in total. The van der Waals surface area contributed by atoms with Crippen LogP contribution in [-0.4, -0.2) is 13.4 Å². The topological polar surface area (TPSA) is 47.3 Å². The van der Waals surface area contributed by atoms with E-state index in [1.807, 2.05) is 24.3 Å². The minimum absolute atomic E-state index is 0.0361. The van der Waals surface area contributed by atoms with Gasteiger partial charge >= 0.3 is 0 Å². The Labute approximate surface area is 118 Å². The summed E-state index contributed by atoms with van der Waals surface area (Å²) in [5, 5.41) is 0. The number of hydrazine groups is 1. The van der Waals surface area contributed by atoms with Gasteiger partial charge in [0, 0.05) is 4.90 Å². The predicted octanol–water partition coefficient (Wildman–Crippen LogP) is 2.97. The number of thioether (sulfide) groups is 1. The number of ether oxygens (including phenoxy) is 1. The summed E-state index contributed by atoms with van der Waals surface area (Å²) in [6, 6.07) is 16.3. The molecule has 0 spiro atoms. The van der Waals surface area contributed by atoms with E-state index in [2.05, 4.69) is 35.9 Å². The van der Waals surface area contributed by atoms with E-state index in [9.17, 15) is 0 Å². The van der Waals surface area contributed by atoms with Crippen molar-refractivity contribution in [3.63, 3.8) is 0 Å². The van der Waals surface area contributed by atoms with Gasteiger partial charge in [-0.2, -0.15) is 0 Å². The van der Waals surface area contributed by atoms with E-state index >= 15 is 0 Å². The van der Waals surface area contributed by atoms with E-state index in [4.69, 9.17) is 10.6 Å². The zero-order chi connectivity index (χ0) is 13.7. The third-order valence-electron chi connectivity index (χ3n) is 3.04. The van der Waals surface area contributed by atoms with Gasteiger partial charge in [-0.1, -0.05) is 24.3 Å². The van der Waals surface area contributed by atoms with E-state index in [0.717, 1.165) is 16.9 Å². The van der Waals surface area contributed by atoms with Gasteiger partial charge < -0.3 is 4.74 Å². The number of hydrogen-bond acceptors (Lipinski definition) is 4. The molecule has 0 saturated heterocycles. The monoisotopic (exact) mass is 274 g/mol. The lowest BCUT2D eigenvalue weighted by atomic mass is 9.99. The number of rotatable bonds is 5. The fourth-order valence-electron chi connectivity index (χ4n) is 2.00. The van der Waals surface area contributed by atoms with Crippen molar-refractivity contribution in [2.75, 3.05) is 13.4 Å². The number of nitrogens with two attached hydrogens (primary N) is 1. The second-order valence-electron chi connectivity index (χ2n) is 4.15. The Bertz CT molecular complexity index is 528. The molecular weight excluding hydrogens is 256 g/mol. The van der Waals surface area contributed by atoms with E-state index < -0.39 is 0 Å². The van der Waals surface area contributed by atoms with Crippen molar-refractivity contribution in [2.45, 2.75) is 10.9 Å². The molecule has 2 rings (SSSR count). The molecule has 2 aromatic rings. The Morgan fingerprint density at radius 1 is 1.11 bits per heavy atom. The summed E-state index contributed by atoms with van der Waals surface area (Å²) < 4.78 is 5.25. The molecule has 2 aromatic carbocycles. The van der Waals surface area contributed by atoms with Gasteiger partial charge in [0.15, 0.2) is 0 Å². The highest BCUT2D eigenvalue weighted by atomic mass is 32.2. The molecule has 0 heterocycles. The van der Waals surface area contributed by atoms with Crippen LogP contribution in [0.5, 0.6) is 5.75 Å². The lowest BCUT2D eigenvalue weighted by molar-refractivity contribution is 0.413. The van der Waals surface area contributed by atoms with Crippen molar-refractivity contribution < 1.29 is 4.74 Å². The number of nitrogens with one attached hydrogen (secondary N) is 1. The molecular formula is C15H18N2OS. The van der Waals surface area contributed by atoms with Gasteiger partial charge in [0.2, 0.25) is 0 Å². The minimum Gasteiger partial charge on any atom is -0.497 e. The first kappa shape index (κ1) is 13.9. The second-order valence-corrected chi connectivity index (χ2v) is 5.03. The van der Waals surface area contributed by atoms with E-state index in [0.29, 0.717) is 0 Å². The highest BCUT2D eigenvalue weighted by Crippen LogP contribution is 2.26. The van der Waals surface area contributed by atoms with Gasteiger partial charge in [0.25, 0.3) is 0 Å². The van der Waals surface area contributed by atoms with Crippen LogP contribution in [0.15, 0.2) is 53.4 Å². The lowest BCUT2D eigenvalue weighted by Gasteiger charge is -2.17. The van der Waals surface area contributed by atoms with Crippen molar-refractivity contribution in [2.24, 2.45) is 5.84 Å².